The van der Waals surface area contributed by atoms with Crippen LogP contribution >= 0.6 is 0 Å². The number of likely N-dealkylation sites (tertiary alicyclic amines) is 1. The molecule has 0 spiro atoms. The highest BCUT2D eigenvalue weighted by atomic mass is 16.1. The molecule has 3 heteroatoms. The van der Waals surface area contributed by atoms with Gasteiger partial charge in [-0.3, -0.25) is 4.79 Å². The van der Waals surface area contributed by atoms with Crippen LogP contribution in [0.5, 0.6) is 0 Å². The molecule has 0 radical (unpaired) electrons. The second-order valence-electron chi connectivity index (χ2n) is 4.22. The number of amides is 1. The van der Waals surface area contributed by atoms with E-state index in [1.54, 1.807) is 0 Å². The van der Waals surface area contributed by atoms with Crippen molar-refractivity contribution in [2.45, 2.75) is 32.6 Å². The summed E-state index contributed by atoms with van der Waals surface area (Å²) in [4.78, 5) is 13.9. The molecule has 1 aliphatic heterocycles. The summed E-state index contributed by atoms with van der Waals surface area (Å²) in [5, 5.41) is 3.01. The van der Waals surface area contributed by atoms with Crippen LogP contribution < -0.4 is 5.32 Å². The fraction of sp³-hybridized carbons (Fsp3) is 0.909. The number of carbonyl (C=O) groups is 1. The number of piperidine rings is 1. The lowest BCUT2D eigenvalue weighted by Gasteiger charge is -2.28. The van der Waals surface area contributed by atoms with Crippen LogP contribution in [-0.2, 0) is 4.79 Å². The molecule has 1 amide bonds. The average molecular weight is 198 g/mol. The average Bonchev–Trinajstić information content (AvgIpc) is 2.19. The molecular formula is C11H22N2O. The first-order valence-corrected chi connectivity index (χ1v) is 5.70. The van der Waals surface area contributed by atoms with Crippen LogP contribution in [0.2, 0.25) is 0 Å². The van der Waals surface area contributed by atoms with Gasteiger partial charge >= 0.3 is 0 Å². The van der Waals surface area contributed by atoms with Crippen molar-refractivity contribution in [3.05, 3.63) is 0 Å². The molecule has 0 aromatic heterocycles. The minimum Gasteiger partial charge on any atom is -0.356 e. The summed E-state index contributed by atoms with van der Waals surface area (Å²) in [5.41, 5.74) is 0. The molecule has 1 aliphatic rings. The number of nitrogens with zero attached hydrogens (tertiary/aromatic N) is 1. The molecule has 82 valence electrons. The molecule has 0 unspecified atom stereocenters. The van der Waals surface area contributed by atoms with E-state index in [0.717, 1.165) is 45.3 Å². The molecule has 0 aromatic rings. The summed E-state index contributed by atoms with van der Waals surface area (Å²) in [6, 6.07) is 0. The molecule has 14 heavy (non-hydrogen) atoms. The van der Waals surface area contributed by atoms with Crippen LogP contribution in [0.15, 0.2) is 0 Å². The molecule has 0 aliphatic carbocycles. The molecule has 0 saturated carbocycles. The van der Waals surface area contributed by atoms with Crippen molar-refractivity contribution < 1.29 is 4.79 Å². The Balaban J connectivity index is 2.17. The van der Waals surface area contributed by atoms with E-state index in [1.165, 1.54) is 0 Å². The van der Waals surface area contributed by atoms with Gasteiger partial charge in [0.25, 0.3) is 0 Å². The maximum atomic E-state index is 11.6. The van der Waals surface area contributed by atoms with Crippen molar-refractivity contribution in [3.8, 4) is 0 Å². The standard InChI is InChI=1S/C11H22N2O/c1-3-4-7-12-11(14)10-5-8-13(2)9-6-10/h10H,3-9H2,1-2H3,(H,12,14). The lowest BCUT2D eigenvalue weighted by molar-refractivity contribution is -0.126. The highest BCUT2D eigenvalue weighted by Gasteiger charge is 2.22. The fourth-order valence-corrected chi connectivity index (χ4v) is 1.80. The van der Waals surface area contributed by atoms with Crippen LogP contribution in [0.4, 0.5) is 0 Å². The van der Waals surface area contributed by atoms with E-state index in [-0.39, 0.29) is 11.8 Å². The number of hydrogen-bond donors (Lipinski definition) is 1. The molecular weight excluding hydrogens is 176 g/mol. The zero-order valence-corrected chi connectivity index (χ0v) is 9.38. The fourth-order valence-electron chi connectivity index (χ4n) is 1.80. The van der Waals surface area contributed by atoms with E-state index in [9.17, 15) is 4.79 Å². The van der Waals surface area contributed by atoms with Gasteiger partial charge in [0.2, 0.25) is 5.91 Å². The van der Waals surface area contributed by atoms with Gasteiger partial charge in [-0.05, 0) is 39.4 Å². The summed E-state index contributed by atoms with van der Waals surface area (Å²) < 4.78 is 0. The second-order valence-corrected chi connectivity index (χ2v) is 4.22. The highest BCUT2D eigenvalue weighted by molar-refractivity contribution is 5.78. The van der Waals surface area contributed by atoms with Crippen molar-refractivity contribution in [2.24, 2.45) is 5.92 Å². The first-order valence-electron chi connectivity index (χ1n) is 5.70. The van der Waals surface area contributed by atoms with Crippen LogP contribution in [0.3, 0.4) is 0 Å². The second kappa shape index (κ2) is 6.02. The summed E-state index contributed by atoms with van der Waals surface area (Å²) >= 11 is 0. The minimum atomic E-state index is 0.267. The third kappa shape index (κ3) is 3.66. The molecule has 1 heterocycles. The zero-order chi connectivity index (χ0) is 10.4. The Labute approximate surface area is 86.9 Å². The molecule has 0 atom stereocenters. The monoisotopic (exact) mass is 198 g/mol. The molecule has 1 rings (SSSR count). The van der Waals surface area contributed by atoms with Gasteiger partial charge < -0.3 is 10.2 Å². The SMILES string of the molecule is CCCCNC(=O)C1CCN(C)CC1. The Kier molecular flexibility index (Phi) is 4.94. The van der Waals surface area contributed by atoms with E-state index in [0.29, 0.717) is 0 Å². The Hall–Kier alpha value is -0.570. The molecule has 1 saturated heterocycles. The normalized spacial score (nSPS) is 19.6. The van der Waals surface area contributed by atoms with Gasteiger partial charge in [-0.15, -0.1) is 0 Å². The van der Waals surface area contributed by atoms with Crippen molar-refractivity contribution in [1.29, 1.82) is 0 Å². The Morgan fingerprint density at radius 3 is 2.64 bits per heavy atom. The van der Waals surface area contributed by atoms with Gasteiger partial charge in [-0.2, -0.15) is 0 Å². The Bertz CT molecular complexity index is 174. The number of carbonyl (C=O) groups excluding carboxylic acids is 1. The largest absolute Gasteiger partial charge is 0.356 e. The lowest BCUT2D eigenvalue weighted by atomic mass is 9.96. The quantitative estimate of drug-likeness (QED) is 0.689. The number of hydrogen-bond acceptors (Lipinski definition) is 2. The smallest absolute Gasteiger partial charge is 0.223 e. The maximum absolute atomic E-state index is 11.6. The molecule has 3 nitrogen and oxygen atoms in total. The summed E-state index contributed by atoms with van der Waals surface area (Å²) in [7, 11) is 2.12. The predicted octanol–water partition coefficient (Wildman–Crippen LogP) is 1.24. The van der Waals surface area contributed by atoms with Gasteiger partial charge in [-0.25, -0.2) is 0 Å². The molecule has 1 fully saturated rings. The highest BCUT2D eigenvalue weighted by Crippen LogP contribution is 2.15. The lowest BCUT2D eigenvalue weighted by Crippen LogP contribution is -2.39. The number of unbranched alkanes of at least 4 members (excludes halogenated alkanes) is 1. The van der Waals surface area contributed by atoms with E-state index in [4.69, 9.17) is 0 Å². The summed E-state index contributed by atoms with van der Waals surface area (Å²) in [6.45, 7) is 5.11. The number of rotatable bonds is 4. The third-order valence-electron chi connectivity index (χ3n) is 2.92. The van der Waals surface area contributed by atoms with E-state index >= 15 is 0 Å². The van der Waals surface area contributed by atoms with E-state index in [2.05, 4.69) is 24.2 Å². The van der Waals surface area contributed by atoms with Crippen molar-refractivity contribution in [1.82, 2.24) is 10.2 Å². The predicted molar refractivity (Wildman–Crippen MR) is 58.1 cm³/mol. The Morgan fingerprint density at radius 1 is 1.43 bits per heavy atom. The zero-order valence-electron chi connectivity index (χ0n) is 9.38. The topological polar surface area (TPSA) is 32.3 Å². The van der Waals surface area contributed by atoms with Crippen molar-refractivity contribution >= 4 is 5.91 Å². The van der Waals surface area contributed by atoms with Crippen LogP contribution in [0.1, 0.15) is 32.6 Å². The first kappa shape index (κ1) is 11.5. The first-order chi connectivity index (χ1) is 6.74. The van der Waals surface area contributed by atoms with Crippen LogP contribution in [0.25, 0.3) is 0 Å². The van der Waals surface area contributed by atoms with Gasteiger partial charge in [0.15, 0.2) is 0 Å². The van der Waals surface area contributed by atoms with Gasteiger partial charge in [0.1, 0.15) is 0 Å². The molecule has 1 N–H and O–H groups in total. The van der Waals surface area contributed by atoms with Crippen LogP contribution in [-0.4, -0.2) is 37.5 Å². The van der Waals surface area contributed by atoms with Crippen LogP contribution in [0, 0.1) is 5.92 Å². The third-order valence-corrected chi connectivity index (χ3v) is 2.92. The van der Waals surface area contributed by atoms with E-state index < -0.39 is 0 Å². The number of nitrogens with one attached hydrogen (secondary N) is 1. The van der Waals surface area contributed by atoms with Crippen molar-refractivity contribution in [2.75, 3.05) is 26.7 Å². The summed E-state index contributed by atoms with van der Waals surface area (Å²) in [5.74, 6) is 0.537. The maximum Gasteiger partial charge on any atom is 0.223 e. The molecule has 0 bridgehead atoms. The Morgan fingerprint density at radius 2 is 2.07 bits per heavy atom. The van der Waals surface area contributed by atoms with E-state index in [1.807, 2.05) is 0 Å². The van der Waals surface area contributed by atoms with Gasteiger partial charge in [0.05, 0.1) is 0 Å². The minimum absolute atomic E-state index is 0.267. The summed E-state index contributed by atoms with van der Waals surface area (Å²) in [6.07, 6.45) is 4.29. The van der Waals surface area contributed by atoms with Gasteiger partial charge in [0, 0.05) is 12.5 Å². The van der Waals surface area contributed by atoms with Gasteiger partial charge in [-0.1, -0.05) is 13.3 Å². The van der Waals surface area contributed by atoms with Crippen molar-refractivity contribution in [3.63, 3.8) is 0 Å². The molecule has 0 aromatic carbocycles.